The van der Waals surface area contributed by atoms with Crippen molar-refractivity contribution in [1.29, 1.82) is 0 Å². The number of Topliss-reactive ketones (excluding diaryl/α,β-unsaturated/α-hetero) is 1. The molecule has 5 nitrogen and oxygen atoms in total. The van der Waals surface area contributed by atoms with Crippen molar-refractivity contribution in [2.75, 3.05) is 13.2 Å². The summed E-state index contributed by atoms with van der Waals surface area (Å²) in [6, 6.07) is 13.5. The molecule has 2 rings (SSSR count). The van der Waals surface area contributed by atoms with E-state index in [0.717, 1.165) is 12.2 Å². The van der Waals surface area contributed by atoms with Gasteiger partial charge in [0.2, 0.25) is 5.78 Å². The first-order valence-electron chi connectivity index (χ1n) is 11.4. The fraction of sp³-hybridized carbons (Fsp3) is 0.407. The van der Waals surface area contributed by atoms with E-state index in [1.54, 1.807) is 61.5 Å². The molecule has 0 aliphatic heterocycles. The molecule has 0 amide bonds. The minimum Gasteiger partial charge on any atom is -0.494 e. The van der Waals surface area contributed by atoms with Gasteiger partial charge in [-0.15, -0.1) is 0 Å². The van der Waals surface area contributed by atoms with Crippen LogP contribution in [0.5, 0.6) is 11.5 Å². The molecule has 2 aromatic rings. The molecule has 0 radical (unpaired) electrons. The molecule has 1 atom stereocenters. The second kappa shape index (κ2) is 14.1. The topological polar surface area (TPSA) is 61.8 Å². The number of benzene rings is 2. The van der Waals surface area contributed by atoms with Crippen molar-refractivity contribution >= 4 is 11.8 Å². The molecule has 0 N–H and O–H groups in total. The van der Waals surface area contributed by atoms with Gasteiger partial charge < -0.3 is 14.2 Å². The van der Waals surface area contributed by atoms with Gasteiger partial charge in [0.05, 0.1) is 12.2 Å². The molecule has 0 aliphatic carbocycles. The highest BCUT2D eigenvalue weighted by atomic mass is 16.5. The first-order valence-corrected chi connectivity index (χ1v) is 11.4. The normalized spacial score (nSPS) is 11.4. The van der Waals surface area contributed by atoms with E-state index in [9.17, 15) is 9.59 Å². The first-order chi connectivity index (χ1) is 15.5. The zero-order valence-electron chi connectivity index (χ0n) is 19.2. The summed E-state index contributed by atoms with van der Waals surface area (Å²) in [5, 5.41) is 0. The molecule has 1 unspecified atom stereocenters. The van der Waals surface area contributed by atoms with E-state index in [-0.39, 0.29) is 5.78 Å². The van der Waals surface area contributed by atoms with Crippen LogP contribution in [0.4, 0.5) is 0 Å². The van der Waals surface area contributed by atoms with Gasteiger partial charge in [0.15, 0.2) is 6.10 Å². The Bertz CT molecular complexity index is 839. The van der Waals surface area contributed by atoms with Gasteiger partial charge in [0.25, 0.3) is 0 Å². The lowest BCUT2D eigenvalue weighted by molar-refractivity contribution is 0.0318. The Labute approximate surface area is 191 Å². The number of esters is 1. The molecule has 0 spiro atoms. The summed E-state index contributed by atoms with van der Waals surface area (Å²) in [5.74, 6) is 0.551. The van der Waals surface area contributed by atoms with Gasteiger partial charge in [0, 0.05) is 5.56 Å². The Balaban J connectivity index is 1.78. The average molecular weight is 439 g/mol. The Morgan fingerprint density at radius 3 is 2.03 bits per heavy atom. The van der Waals surface area contributed by atoms with Gasteiger partial charge in [-0.05, 0) is 61.9 Å². The highest BCUT2D eigenvalue weighted by Gasteiger charge is 2.20. The molecule has 0 bridgehead atoms. The maximum atomic E-state index is 12.6. The maximum Gasteiger partial charge on any atom is 0.338 e. The number of carbonyl (C=O) groups excluding carboxylic acids is 2. The third-order valence-corrected chi connectivity index (χ3v) is 5.02. The van der Waals surface area contributed by atoms with E-state index >= 15 is 0 Å². The Morgan fingerprint density at radius 2 is 1.41 bits per heavy atom. The Kier molecular flexibility index (Phi) is 11.1. The van der Waals surface area contributed by atoms with Crippen molar-refractivity contribution in [3.8, 4) is 11.5 Å². The van der Waals surface area contributed by atoms with Gasteiger partial charge in [-0.1, -0.05) is 51.7 Å². The monoisotopic (exact) mass is 438 g/mol. The summed E-state index contributed by atoms with van der Waals surface area (Å²) in [6.07, 6.45) is 8.00. The molecule has 32 heavy (non-hydrogen) atoms. The Morgan fingerprint density at radius 1 is 0.844 bits per heavy atom. The lowest BCUT2D eigenvalue weighted by Gasteiger charge is -2.13. The first kappa shape index (κ1) is 25.2. The third kappa shape index (κ3) is 8.58. The van der Waals surface area contributed by atoms with Gasteiger partial charge in [-0.25, -0.2) is 4.79 Å². The van der Waals surface area contributed by atoms with Crippen LogP contribution in [0, 0.1) is 0 Å². The lowest BCUT2D eigenvalue weighted by Crippen LogP contribution is -2.24. The minimum absolute atomic E-state index is 0.271. The summed E-state index contributed by atoms with van der Waals surface area (Å²) < 4.78 is 16.5. The van der Waals surface area contributed by atoms with Crippen molar-refractivity contribution in [2.24, 2.45) is 0 Å². The van der Waals surface area contributed by atoms with Crippen molar-refractivity contribution in [1.82, 2.24) is 0 Å². The summed E-state index contributed by atoms with van der Waals surface area (Å²) in [4.78, 5) is 25.0. The third-order valence-electron chi connectivity index (χ3n) is 5.02. The fourth-order valence-electron chi connectivity index (χ4n) is 3.15. The molecule has 0 heterocycles. The van der Waals surface area contributed by atoms with Gasteiger partial charge >= 0.3 is 5.97 Å². The van der Waals surface area contributed by atoms with Crippen LogP contribution < -0.4 is 9.47 Å². The van der Waals surface area contributed by atoms with Crippen molar-refractivity contribution in [2.45, 2.75) is 58.5 Å². The number of hydrogen-bond donors (Lipinski definition) is 0. The number of rotatable bonds is 15. The molecule has 0 aliphatic rings. The van der Waals surface area contributed by atoms with Crippen LogP contribution in [0.2, 0.25) is 0 Å². The second-order valence-corrected chi connectivity index (χ2v) is 7.68. The van der Waals surface area contributed by atoms with E-state index in [1.165, 1.54) is 32.1 Å². The molecule has 2 aromatic carbocycles. The fourth-order valence-corrected chi connectivity index (χ4v) is 3.15. The van der Waals surface area contributed by atoms with Crippen LogP contribution in [0.1, 0.15) is 73.1 Å². The minimum atomic E-state index is -0.897. The Hall–Kier alpha value is -3.08. The highest BCUT2D eigenvalue weighted by Crippen LogP contribution is 2.17. The van der Waals surface area contributed by atoms with Crippen LogP contribution in [0.15, 0.2) is 61.2 Å². The number of carbonyl (C=O) groups is 2. The largest absolute Gasteiger partial charge is 0.494 e. The van der Waals surface area contributed by atoms with Crippen molar-refractivity contribution < 1.29 is 23.8 Å². The second-order valence-electron chi connectivity index (χ2n) is 7.68. The van der Waals surface area contributed by atoms with Crippen LogP contribution >= 0.6 is 0 Å². The summed E-state index contributed by atoms with van der Waals surface area (Å²) in [5.41, 5.74) is 0.833. The molecule has 172 valence electrons. The number of unbranched alkanes of at least 4 members (excludes halogenated alkanes) is 5. The smallest absolute Gasteiger partial charge is 0.338 e. The SMILES string of the molecule is C=CCOc1ccc(C(=O)C(C)OC(=O)c2ccc(OCCCCCCCC)cc2)cc1. The zero-order chi connectivity index (χ0) is 23.2. The van der Waals surface area contributed by atoms with Gasteiger partial charge in [-0.3, -0.25) is 4.79 Å². The van der Waals surface area contributed by atoms with Crippen LogP contribution in [0.3, 0.4) is 0 Å². The van der Waals surface area contributed by atoms with Crippen LogP contribution in [-0.2, 0) is 4.74 Å². The average Bonchev–Trinajstić information content (AvgIpc) is 2.82. The van der Waals surface area contributed by atoms with Crippen LogP contribution in [0.25, 0.3) is 0 Å². The van der Waals surface area contributed by atoms with E-state index in [2.05, 4.69) is 13.5 Å². The molecule has 0 fully saturated rings. The summed E-state index contributed by atoms with van der Waals surface area (Å²) >= 11 is 0. The van der Waals surface area contributed by atoms with E-state index in [0.29, 0.717) is 30.1 Å². The van der Waals surface area contributed by atoms with E-state index in [1.807, 2.05) is 0 Å². The quantitative estimate of drug-likeness (QED) is 0.139. The molecule has 0 saturated heterocycles. The van der Waals surface area contributed by atoms with Gasteiger partial charge in [-0.2, -0.15) is 0 Å². The van der Waals surface area contributed by atoms with Crippen molar-refractivity contribution in [3.05, 3.63) is 72.3 Å². The van der Waals surface area contributed by atoms with Crippen LogP contribution in [-0.4, -0.2) is 31.1 Å². The molecule has 0 saturated carbocycles. The zero-order valence-corrected chi connectivity index (χ0v) is 19.2. The van der Waals surface area contributed by atoms with Gasteiger partial charge in [0.1, 0.15) is 18.1 Å². The molecule has 5 heteroatoms. The van der Waals surface area contributed by atoms with E-state index < -0.39 is 12.1 Å². The standard InChI is InChI=1S/C27H34O5/c1-4-6-7-8-9-10-20-31-25-17-13-23(14-18-25)27(29)32-21(3)26(28)22-11-15-24(16-12-22)30-19-5-2/h5,11-18,21H,2,4,6-10,19-20H2,1,3H3. The molecular formula is C27H34O5. The highest BCUT2D eigenvalue weighted by molar-refractivity contribution is 6.01. The predicted octanol–water partition coefficient (Wildman–Crippen LogP) is 6.42. The maximum absolute atomic E-state index is 12.6. The lowest BCUT2D eigenvalue weighted by atomic mass is 10.1. The number of ether oxygens (including phenoxy) is 3. The van der Waals surface area contributed by atoms with E-state index in [4.69, 9.17) is 14.2 Å². The van der Waals surface area contributed by atoms with Crippen molar-refractivity contribution in [3.63, 3.8) is 0 Å². The summed E-state index contributed by atoms with van der Waals surface area (Å²) in [6.45, 7) is 8.43. The predicted molar refractivity (Wildman–Crippen MR) is 127 cm³/mol. The summed E-state index contributed by atoms with van der Waals surface area (Å²) in [7, 11) is 0. The molecular weight excluding hydrogens is 404 g/mol. The molecule has 0 aromatic heterocycles. The number of ketones is 1. The number of hydrogen-bond acceptors (Lipinski definition) is 5.